The Morgan fingerprint density at radius 3 is 3.06 bits per heavy atom. The fraction of sp³-hybridized carbons (Fsp3) is 0.400. The van der Waals surface area contributed by atoms with E-state index in [4.69, 9.17) is 15.6 Å². The van der Waals surface area contributed by atoms with Crippen LogP contribution in [0.5, 0.6) is 5.88 Å². The summed E-state index contributed by atoms with van der Waals surface area (Å²) in [4.78, 5) is 10.2. The summed E-state index contributed by atoms with van der Waals surface area (Å²) in [6.07, 6.45) is 0.578. The quantitative estimate of drug-likeness (QED) is 0.787. The zero-order valence-electron chi connectivity index (χ0n) is 8.93. The van der Waals surface area contributed by atoms with E-state index in [1.54, 1.807) is 11.3 Å². The Kier molecular flexibility index (Phi) is 3.21. The van der Waals surface area contributed by atoms with Crippen molar-refractivity contribution < 1.29 is 9.84 Å². The lowest BCUT2D eigenvalue weighted by Gasteiger charge is -2.05. The van der Waals surface area contributed by atoms with Gasteiger partial charge in [0.15, 0.2) is 0 Å². The van der Waals surface area contributed by atoms with Crippen LogP contribution in [0.4, 0.5) is 5.95 Å². The van der Waals surface area contributed by atoms with Crippen LogP contribution in [0.15, 0.2) is 6.07 Å². The molecule has 0 saturated heterocycles. The van der Waals surface area contributed by atoms with Crippen LogP contribution in [-0.4, -0.2) is 28.3 Å². The molecule has 3 N–H and O–H groups in total. The first-order chi connectivity index (χ1) is 7.70. The monoisotopic (exact) mass is 239 g/mol. The van der Waals surface area contributed by atoms with Gasteiger partial charge in [-0.1, -0.05) is 0 Å². The number of aliphatic hydroxyl groups is 1. The number of aryl methyl sites for hydroxylation is 1. The molecule has 2 rings (SSSR count). The first kappa shape index (κ1) is 11.1. The number of ether oxygens (including phenoxy) is 1. The van der Waals surface area contributed by atoms with Crippen molar-refractivity contribution in [3.63, 3.8) is 0 Å². The Morgan fingerprint density at radius 1 is 1.50 bits per heavy atom. The van der Waals surface area contributed by atoms with E-state index < -0.39 is 0 Å². The summed E-state index contributed by atoms with van der Waals surface area (Å²) in [6.45, 7) is 2.53. The fourth-order valence-electron chi connectivity index (χ4n) is 1.37. The van der Waals surface area contributed by atoms with E-state index in [-0.39, 0.29) is 12.6 Å². The third-order valence-electron chi connectivity index (χ3n) is 2.04. The van der Waals surface area contributed by atoms with E-state index in [1.165, 1.54) is 0 Å². The second-order valence-corrected chi connectivity index (χ2v) is 4.62. The molecule has 0 bridgehead atoms. The van der Waals surface area contributed by atoms with Crippen molar-refractivity contribution in [1.29, 1.82) is 0 Å². The highest BCUT2D eigenvalue weighted by molar-refractivity contribution is 7.18. The second kappa shape index (κ2) is 4.63. The van der Waals surface area contributed by atoms with Gasteiger partial charge in [0, 0.05) is 17.9 Å². The molecule has 0 aliphatic heterocycles. The van der Waals surface area contributed by atoms with Crippen LogP contribution in [-0.2, 0) is 0 Å². The van der Waals surface area contributed by atoms with E-state index in [9.17, 15) is 0 Å². The largest absolute Gasteiger partial charge is 0.477 e. The standard InChI is InChI=1S/C10H13N3O2S/c1-6-5-7-8(15-4-2-3-14)12-10(11)13-9(7)16-6/h5,14H,2-4H2,1H3,(H2,11,12,13). The molecular weight excluding hydrogens is 226 g/mol. The topological polar surface area (TPSA) is 81.3 Å². The lowest BCUT2D eigenvalue weighted by atomic mass is 10.3. The predicted molar refractivity (Wildman–Crippen MR) is 63.8 cm³/mol. The van der Waals surface area contributed by atoms with Gasteiger partial charge in [-0.3, -0.25) is 0 Å². The lowest BCUT2D eigenvalue weighted by Crippen LogP contribution is -2.03. The molecule has 6 heteroatoms. The van der Waals surface area contributed by atoms with E-state index in [0.29, 0.717) is 18.9 Å². The molecule has 2 aromatic rings. The van der Waals surface area contributed by atoms with Crippen molar-refractivity contribution in [2.24, 2.45) is 0 Å². The molecule has 0 aliphatic rings. The van der Waals surface area contributed by atoms with Crippen LogP contribution < -0.4 is 10.5 Å². The maximum atomic E-state index is 8.68. The number of nitrogens with two attached hydrogens (primary N) is 1. The first-order valence-corrected chi connectivity index (χ1v) is 5.79. The molecule has 0 aromatic carbocycles. The number of aliphatic hydroxyl groups excluding tert-OH is 1. The van der Waals surface area contributed by atoms with Gasteiger partial charge < -0.3 is 15.6 Å². The number of hydrogen-bond donors (Lipinski definition) is 2. The van der Waals surface area contributed by atoms with Crippen molar-refractivity contribution in [3.05, 3.63) is 10.9 Å². The molecule has 0 saturated carbocycles. The highest BCUT2D eigenvalue weighted by atomic mass is 32.1. The maximum absolute atomic E-state index is 8.68. The average molecular weight is 239 g/mol. The molecule has 16 heavy (non-hydrogen) atoms. The van der Waals surface area contributed by atoms with Gasteiger partial charge in [-0.15, -0.1) is 11.3 Å². The third kappa shape index (κ3) is 2.23. The Balaban J connectivity index is 2.34. The van der Waals surface area contributed by atoms with Gasteiger partial charge in [-0.25, -0.2) is 4.98 Å². The van der Waals surface area contributed by atoms with Gasteiger partial charge in [0.25, 0.3) is 0 Å². The summed E-state index contributed by atoms with van der Waals surface area (Å²) < 4.78 is 5.47. The summed E-state index contributed by atoms with van der Waals surface area (Å²) >= 11 is 1.56. The summed E-state index contributed by atoms with van der Waals surface area (Å²) in [5.74, 6) is 0.716. The van der Waals surface area contributed by atoms with Gasteiger partial charge in [-0.05, 0) is 13.0 Å². The molecule has 0 atom stereocenters. The number of aromatic nitrogens is 2. The maximum Gasteiger partial charge on any atom is 0.227 e. The normalized spacial score (nSPS) is 10.9. The van der Waals surface area contributed by atoms with Crippen molar-refractivity contribution in [2.75, 3.05) is 18.9 Å². The van der Waals surface area contributed by atoms with E-state index in [1.807, 2.05) is 13.0 Å². The minimum Gasteiger partial charge on any atom is -0.477 e. The smallest absolute Gasteiger partial charge is 0.227 e. The van der Waals surface area contributed by atoms with Crippen LogP contribution in [0.2, 0.25) is 0 Å². The number of hydrogen-bond acceptors (Lipinski definition) is 6. The summed E-state index contributed by atoms with van der Waals surface area (Å²) in [7, 11) is 0. The Bertz CT molecular complexity index is 498. The molecule has 0 amide bonds. The summed E-state index contributed by atoms with van der Waals surface area (Å²) in [5.41, 5.74) is 5.59. The molecule has 0 radical (unpaired) electrons. The Labute approximate surface area is 96.9 Å². The first-order valence-electron chi connectivity index (χ1n) is 4.98. The number of anilines is 1. The molecule has 86 valence electrons. The molecule has 5 nitrogen and oxygen atoms in total. The number of nitrogen functional groups attached to an aromatic ring is 1. The molecule has 0 unspecified atom stereocenters. The minimum atomic E-state index is 0.104. The van der Waals surface area contributed by atoms with Gasteiger partial charge in [0.1, 0.15) is 4.83 Å². The van der Waals surface area contributed by atoms with E-state index >= 15 is 0 Å². The minimum absolute atomic E-state index is 0.104. The molecular formula is C10H13N3O2S. The van der Waals surface area contributed by atoms with Crippen molar-refractivity contribution in [3.8, 4) is 5.88 Å². The highest BCUT2D eigenvalue weighted by Crippen LogP contribution is 2.30. The van der Waals surface area contributed by atoms with Crippen LogP contribution in [0.1, 0.15) is 11.3 Å². The van der Waals surface area contributed by atoms with Crippen LogP contribution in [0.25, 0.3) is 10.2 Å². The van der Waals surface area contributed by atoms with Crippen LogP contribution in [0, 0.1) is 6.92 Å². The van der Waals surface area contributed by atoms with E-state index in [0.717, 1.165) is 15.1 Å². The van der Waals surface area contributed by atoms with Crippen molar-refractivity contribution >= 4 is 27.5 Å². The van der Waals surface area contributed by atoms with Gasteiger partial charge in [0.05, 0.1) is 12.0 Å². The summed E-state index contributed by atoms with van der Waals surface area (Å²) in [6, 6.07) is 1.98. The number of rotatable bonds is 4. The highest BCUT2D eigenvalue weighted by Gasteiger charge is 2.10. The molecule has 0 fully saturated rings. The van der Waals surface area contributed by atoms with Crippen molar-refractivity contribution in [2.45, 2.75) is 13.3 Å². The number of fused-ring (bicyclic) bond motifs is 1. The zero-order chi connectivity index (χ0) is 11.5. The average Bonchev–Trinajstić information content (AvgIpc) is 2.58. The molecule has 0 spiro atoms. The van der Waals surface area contributed by atoms with Crippen LogP contribution >= 0.6 is 11.3 Å². The third-order valence-corrected chi connectivity index (χ3v) is 2.98. The molecule has 0 aliphatic carbocycles. The Morgan fingerprint density at radius 2 is 2.31 bits per heavy atom. The second-order valence-electron chi connectivity index (χ2n) is 3.39. The predicted octanol–water partition coefficient (Wildman–Crippen LogP) is 1.34. The van der Waals surface area contributed by atoms with Gasteiger partial charge in [-0.2, -0.15) is 4.98 Å². The summed E-state index contributed by atoms with van der Waals surface area (Å²) in [5, 5.41) is 9.56. The zero-order valence-corrected chi connectivity index (χ0v) is 9.75. The lowest BCUT2D eigenvalue weighted by molar-refractivity contribution is 0.231. The van der Waals surface area contributed by atoms with Crippen molar-refractivity contribution in [1.82, 2.24) is 9.97 Å². The number of thiophene rings is 1. The van der Waals surface area contributed by atoms with Gasteiger partial charge >= 0.3 is 0 Å². The Hall–Kier alpha value is -1.40. The fourth-order valence-corrected chi connectivity index (χ4v) is 2.25. The SMILES string of the molecule is Cc1cc2c(OCCCO)nc(N)nc2s1. The van der Waals surface area contributed by atoms with Crippen LogP contribution in [0.3, 0.4) is 0 Å². The number of nitrogens with zero attached hydrogens (tertiary/aromatic N) is 2. The molecule has 2 aromatic heterocycles. The van der Waals surface area contributed by atoms with Gasteiger partial charge in [0.2, 0.25) is 11.8 Å². The van der Waals surface area contributed by atoms with E-state index in [2.05, 4.69) is 9.97 Å². The molecule has 2 heterocycles.